The largest absolute Gasteiger partial charge is 0.504 e. The second-order valence-electron chi connectivity index (χ2n) is 3.98. The van der Waals surface area contributed by atoms with Crippen LogP contribution >= 0.6 is 8.03 Å². The summed E-state index contributed by atoms with van der Waals surface area (Å²) in [6.07, 6.45) is 3.54. The molecule has 0 saturated carbocycles. The maximum absolute atomic E-state index is 11.2. The van der Waals surface area contributed by atoms with Crippen LogP contribution in [0.25, 0.3) is 0 Å². The van der Waals surface area contributed by atoms with Crippen LogP contribution in [0, 0.1) is 5.92 Å². The highest BCUT2D eigenvalue weighted by molar-refractivity contribution is 7.38. The number of ether oxygens (including phenoxy) is 1. The molecule has 0 aromatic rings. The first-order valence-electron chi connectivity index (χ1n) is 5.75. The molecule has 16 heavy (non-hydrogen) atoms. The zero-order valence-electron chi connectivity index (χ0n) is 10.4. The van der Waals surface area contributed by atoms with Crippen molar-refractivity contribution in [3.63, 3.8) is 0 Å². The Morgan fingerprint density at radius 2 is 2.00 bits per heavy atom. The Labute approximate surface area is 98.6 Å². The minimum Gasteiger partial charge on any atom is -0.465 e. The summed E-state index contributed by atoms with van der Waals surface area (Å²) in [7, 11) is -1.56. The molecule has 0 radical (unpaired) electrons. The van der Waals surface area contributed by atoms with Gasteiger partial charge in [-0.3, -0.25) is 4.79 Å². The van der Waals surface area contributed by atoms with E-state index >= 15 is 0 Å². The van der Waals surface area contributed by atoms with Crippen LogP contribution in [0.4, 0.5) is 0 Å². The fourth-order valence-electron chi connectivity index (χ4n) is 1.11. The minimum absolute atomic E-state index is 0.0917. The number of unbranched alkanes of at least 4 members (excludes halogenated alkanes) is 2. The SMILES string of the molecule is CCCCCC(=O)OC[C@@H](C)CO[P+](C)=O. The molecule has 0 saturated heterocycles. The van der Waals surface area contributed by atoms with Crippen molar-refractivity contribution < 1.29 is 18.6 Å². The summed E-state index contributed by atoms with van der Waals surface area (Å²) in [5.41, 5.74) is 0. The fraction of sp³-hybridized carbons (Fsp3) is 0.909. The first kappa shape index (κ1) is 15.5. The lowest BCUT2D eigenvalue weighted by molar-refractivity contribution is -0.145. The molecule has 0 aliphatic rings. The van der Waals surface area contributed by atoms with Gasteiger partial charge in [-0.15, -0.1) is 4.52 Å². The molecular weight excluding hydrogens is 227 g/mol. The first-order valence-corrected chi connectivity index (χ1v) is 7.38. The van der Waals surface area contributed by atoms with Crippen LogP contribution in [0.5, 0.6) is 0 Å². The number of hydrogen-bond donors (Lipinski definition) is 0. The van der Waals surface area contributed by atoms with Crippen LogP contribution in [0.1, 0.15) is 39.5 Å². The van der Waals surface area contributed by atoms with Crippen LogP contribution in [0.3, 0.4) is 0 Å². The normalized spacial score (nSPS) is 13.3. The summed E-state index contributed by atoms with van der Waals surface area (Å²) in [4.78, 5) is 11.2. The highest BCUT2D eigenvalue weighted by Crippen LogP contribution is 2.16. The second-order valence-corrected chi connectivity index (χ2v) is 5.12. The highest BCUT2D eigenvalue weighted by atomic mass is 31.1. The molecule has 0 aliphatic heterocycles. The summed E-state index contributed by atoms with van der Waals surface area (Å²) in [5.74, 6) is -0.0600. The number of esters is 1. The van der Waals surface area contributed by atoms with E-state index in [0.717, 1.165) is 19.3 Å². The molecule has 4 nitrogen and oxygen atoms in total. The third-order valence-corrected chi connectivity index (χ3v) is 2.57. The van der Waals surface area contributed by atoms with Crippen molar-refractivity contribution in [3.05, 3.63) is 0 Å². The van der Waals surface area contributed by atoms with E-state index in [0.29, 0.717) is 19.6 Å². The Hall–Kier alpha value is -0.470. The van der Waals surface area contributed by atoms with E-state index in [2.05, 4.69) is 6.92 Å². The molecule has 1 unspecified atom stereocenters. The average molecular weight is 249 g/mol. The smallest absolute Gasteiger partial charge is 0.465 e. The molecule has 0 fully saturated rings. The molecular formula is C11H22O4P+. The number of carbonyl (C=O) groups excluding carboxylic acids is 1. The van der Waals surface area contributed by atoms with Crippen LogP contribution in [-0.2, 0) is 18.6 Å². The van der Waals surface area contributed by atoms with Crippen molar-refractivity contribution in [2.45, 2.75) is 39.5 Å². The van der Waals surface area contributed by atoms with Gasteiger partial charge in [-0.2, -0.15) is 0 Å². The quantitative estimate of drug-likeness (QED) is 0.358. The van der Waals surface area contributed by atoms with E-state index in [4.69, 9.17) is 9.26 Å². The van der Waals surface area contributed by atoms with Gasteiger partial charge in [0.25, 0.3) is 0 Å². The molecule has 2 atom stereocenters. The Morgan fingerprint density at radius 1 is 1.31 bits per heavy atom. The molecule has 0 amide bonds. The summed E-state index contributed by atoms with van der Waals surface area (Å²) < 4.78 is 20.7. The summed E-state index contributed by atoms with van der Waals surface area (Å²) >= 11 is 0. The topological polar surface area (TPSA) is 52.6 Å². The van der Waals surface area contributed by atoms with Crippen LogP contribution in [-0.4, -0.2) is 25.8 Å². The molecule has 0 rings (SSSR count). The molecule has 0 N–H and O–H groups in total. The third-order valence-electron chi connectivity index (χ3n) is 2.05. The Morgan fingerprint density at radius 3 is 2.56 bits per heavy atom. The Kier molecular flexibility index (Phi) is 9.45. The van der Waals surface area contributed by atoms with Gasteiger partial charge in [0, 0.05) is 12.3 Å². The van der Waals surface area contributed by atoms with E-state index in [1.54, 1.807) is 0 Å². The van der Waals surface area contributed by atoms with Crippen LogP contribution in [0.15, 0.2) is 0 Å². The zero-order valence-corrected chi connectivity index (χ0v) is 11.3. The fourth-order valence-corrected chi connectivity index (χ4v) is 1.57. The van der Waals surface area contributed by atoms with Gasteiger partial charge in [0.2, 0.25) is 0 Å². The molecule has 5 heteroatoms. The molecule has 0 aliphatic carbocycles. The molecule has 0 heterocycles. The zero-order chi connectivity index (χ0) is 12.4. The van der Waals surface area contributed by atoms with Gasteiger partial charge in [-0.25, -0.2) is 0 Å². The molecule has 0 spiro atoms. The van der Waals surface area contributed by atoms with Crippen molar-refractivity contribution in [1.29, 1.82) is 0 Å². The van der Waals surface area contributed by atoms with E-state index in [1.807, 2.05) is 6.92 Å². The van der Waals surface area contributed by atoms with Gasteiger partial charge in [0.1, 0.15) is 6.61 Å². The third kappa shape index (κ3) is 10.1. The lowest BCUT2D eigenvalue weighted by atomic mass is 10.2. The van der Waals surface area contributed by atoms with Crippen molar-refractivity contribution in [2.24, 2.45) is 5.92 Å². The molecule has 94 valence electrons. The van der Waals surface area contributed by atoms with Crippen molar-refractivity contribution in [1.82, 2.24) is 0 Å². The molecule has 0 aromatic carbocycles. The standard InChI is InChI=1S/C11H22O4P/c1-4-5-6-7-11(12)14-8-10(2)9-15-16(3)13/h10H,4-9H2,1-3H3/q+1/t10-/m1/s1. The number of rotatable bonds is 9. The monoisotopic (exact) mass is 249 g/mol. The molecule has 0 bridgehead atoms. The maximum Gasteiger partial charge on any atom is 0.504 e. The first-order chi connectivity index (χ1) is 7.56. The van der Waals surface area contributed by atoms with E-state index < -0.39 is 8.03 Å². The van der Waals surface area contributed by atoms with Crippen LogP contribution in [0.2, 0.25) is 0 Å². The summed E-state index contributed by atoms with van der Waals surface area (Å²) in [6.45, 7) is 6.22. The predicted octanol–water partition coefficient (Wildman–Crippen LogP) is 3.13. The lowest BCUT2D eigenvalue weighted by Crippen LogP contribution is -2.15. The minimum atomic E-state index is -1.56. The van der Waals surface area contributed by atoms with Crippen molar-refractivity contribution >= 4 is 14.0 Å². The molecule has 0 aromatic heterocycles. The highest BCUT2D eigenvalue weighted by Gasteiger charge is 2.13. The predicted molar refractivity (Wildman–Crippen MR) is 63.7 cm³/mol. The Bertz CT molecular complexity index is 218. The summed E-state index contributed by atoms with van der Waals surface area (Å²) in [6, 6.07) is 0. The second kappa shape index (κ2) is 9.73. The van der Waals surface area contributed by atoms with Gasteiger partial charge in [-0.05, 0) is 11.0 Å². The van der Waals surface area contributed by atoms with Gasteiger partial charge in [0.15, 0.2) is 6.66 Å². The van der Waals surface area contributed by atoms with Gasteiger partial charge < -0.3 is 4.74 Å². The average Bonchev–Trinajstić information content (AvgIpc) is 2.24. The maximum atomic E-state index is 11.2. The van der Waals surface area contributed by atoms with Gasteiger partial charge >= 0.3 is 14.0 Å². The van der Waals surface area contributed by atoms with E-state index in [1.165, 1.54) is 6.66 Å². The lowest BCUT2D eigenvalue weighted by Gasteiger charge is -2.08. The Balaban J connectivity index is 3.47. The van der Waals surface area contributed by atoms with E-state index in [-0.39, 0.29) is 11.9 Å². The van der Waals surface area contributed by atoms with Crippen molar-refractivity contribution in [3.8, 4) is 0 Å². The van der Waals surface area contributed by atoms with Gasteiger partial charge in [-0.1, -0.05) is 26.7 Å². The van der Waals surface area contributed by atoms with Gasteiger partial charge in [0.05, 0.1) is 6.61 Å². The van der Waals surface area contributed by atoms with Crippen molar-refractivity contribution in [2.75, 3.05) is 19.9 Å². The number of hydrogen-bond acceptors (Lipinski definition) is 4. The number of carbonyl (C=O) groups is 1. The van der Waals surface area contributed by atoms with E-state index in [9.17, 15) is 9.36 Å². The van der Waals surface area contributed by atoms with Crippen LogP contribution < -0.4 is 0 Å². The summed E-state index contributed by atoms with van der Waals surface area (Å²) in [5, 5.41) is 0.